The second-order valence-electron chi connectivity index (χ2n) is 6.20. The number of hydrogen-bond acceptors (Lipinski definition) is 4. The molecule has 1 amide bonds. The summed E-state index contributed by atoms with van der Waals surface area (Å²) in [7, 11) is 3.35. The van der Waals surface area contributed by atoms with Crippen molar-refractivity contribution in [3.63, 3.8) is 0 Å². The van der Waals surface area contributed by atoms with Crippen LogP contribution in [0.25, 0.3) is 10.9 Å². The van der Waals surface area contributed by atoms with E-state index in [0.29, 0.717) is 12.0 Å². The standard InChI is InChI=1S/C16H21N3O3/c1-16(2,3)22-15(21)18(4)13(10-20)14-11-8-6-7-9-12(11)19(5)17-14/h6-10,13H,1-5H3. The zero-order chi connectivity index (χ0) is 16.5. The Morgan fingerprint density at radius 1 is 1.36 bits per heavy atom. The van der Waals surface area contributed by atoms with Gasteiger partial charge in [0, 0.05) is 19.5 Å². The van der Waals surface area contributed by atoms with E-state index in [1.807, 2.05) is 24.3 Å². The van der Waals surface area contributed by atoms with Crippen LogP contribution in [0.5, 0.6) is 0 Å². The van der Waals surface area contributed by atoms with Gasteiger partial charge in [-0.3, -0.25) is 9.58 Å². The first-order chi connectivity index (χ1) is 10.2. The van der Waals surface area contributed by atoms with E-state index in [-0.39, 0.29) is 0 Å². The lowest BCUT2D eigenvalue weighted by Gasteiger charge is -2.27. The molecule has 0 aliphatic carbocycles. The van der Waals surface area contributed by atoms with Crippen LogP contribution in [-0.2, 0) is 16.6 Å². The molecule has 0 saturated carbocycles. The van der Waals surface area contributed by atoms with E-state index >= 15 is 0 Å². The van der Waals surface area contributed by atoms with Gasteiger partial charge in [-0.25, -0.2) is 4.79 Å². The molecular formula is C16H21N3O3. The fraction of sp³-hybridized carbons (Fsp3) is 0.438. The van der Waals surface area contributed by atoms with E-state index in [1.165, 1.54) is 11.9 Å². The number of carbonyl (C=O) groups excluding carboxylic acids is 2. The van der Waals surface area contributed by atoms with Crippen LogP contribution in [0.4, 0.5) is 4.79 Å². The van der Waals surface area contributed by atoms with Gasteiger partial charge in [0.2, 0.25) is 0 Å². The number of hydrogen-bond donors (Lipinski definition) is 0. The Kier molecular flexibility index (Phi) is 4.21. The first kappa shape index (κ1) is 16.0. The monoisotopic (exact) mass is 303 g/mol. The highest BCUT2D eigenvalue weighted by atomic mass is 16.6. The number of aromatic nitrogens is 2. The highest BCUT2D eigenvalue weighted by molar-refractivity contribution is 5.86. The van der Waals surface area contributed by atoms with Gasteiger partial charge in [0.05, 0.1) is 5.52 Å². The average Bonchev–Trinajstić information content (AvgIpc) is 2.76. The van der Waals surface area contributed by atoms with Crippen LogP contribution in [0.15, 0.2) is 24.3 Å². The molecule has 22 heavy (non-hydrogen) atoms. The van der Waals surface area contributed by atoms with Gasteiger partial charge >= 0.3 is 6.09 Å². The van der Waals surface area contributed by atoms with E-state index in [9.17, 15) is 9.59 Å². The summed E-state index contributed by atoms with van der Waals surface area (Å²) in [5.74, 6) is 0. The second kappa shape index (κ2) is 5.79. The Balaban J connectivity index is 2.38. The van der Waals surface area contributed by atoms with Crippen molar-refractivity contribution in [2.24, 2.45) is 7.05 Å². The number of nitrogens with zero attached hydrogens (tertiary/aromatic N) is 3. The molecule has 0 fully saturated rings. The molecule has 0 saturated heterocycles. The summed E-state index contributed by atoms with van der Waals surface area (Å²) in [5.41, 5.74) is 0.828. The molecular weight excluding hydrogens is 282 g/mol. The second-order valence-corrected chi connectivity index (χ2v) is 6.20. The SMILES string of the molecule is CN(C(=O)OC(C)(C)C)C(C=O)c1nn(C)c2ccccc12. The zero-order valence-electron chi connectivity index (χ0n) is 13.5. The minimum Gasteiger partial charge on any atom is -0.444 e. The lowest BCUT2D eigenvalue weighted by atomic mass is 10.1. The molecule has 0 N–H and O–H groups in total. The van der Waals surface area contributed by atoms with Gasteiger partial charge in [-0.05, 0) is 26.8 Å². The van der Waals surface area contributed by atoms with E-state index in [2.05, 4.69) is 5.10 Å². The molecule has 0 aliphatic heterocycles. The number of carbonyl (C=O) groups is 2. The summed E-state index contributed by atoms with van der Waals surface area (Å²) in [6.45, 7) is 5.35. The van der Waals surface area contributed by atoms with Crippen molar-refractivity contribution >= 4 is 23.3 Å². The zero-order valence-corrected chi connectivity index (χ0v) is 13.5. The number of aldehydes is 1. The van der Waals surface area contributed by atoms with Crippen LogP contribution in [0.2, 0.25) is 0 Å². The third-order valence-electron chi connectivity index (χ3n) is 3.29. The highest BCUT2D eigenvalue weighted by Gasteiger charge is 2.29. The molecule has 1 aromatic heterocycles. The van der Waals surface area contributed by atoms with Gasteiger partial charge in [-0.1, -0.05) is 18.2 Å². The van der Waals surface area contributed by atoms with Crippen molar-refractivity contribution in [3.8, 4) is 0 Å². The summed E-state index contributed by atoms with van der Waals surface area (Å²) < 4.78 is 7.01. The van der Waals surface area contributed by atoms with E-state index in [0.717, 1.165) is 10.9 Å². The Bertz CT molecular complexity index is 700. The predicted molar refractivity (Wildman–Crippen MR) is 83.5 cm³/mol. The Hall–Kier alpha value is -2.37. The maximum atomic E-state index is 12.2. The quantitative estimate of drug-likeness (QED) is 0.818. The predicted octanol–water partition coefficient (Wildman–Crippen LogP) is 2.68. The van der Waals surface area contributed by atoms with Crippen LogP contribution in [0, 0.1) is 0 Å². The van der Waals surface area contributed by atoms with Gasteiger partial charge < -0.3 is 9.53 Å². The van der Waals surface area contributed by atoms with E-state index in [1.54, 1.807) is 32.5 Å². The number of para-hydroxylation sites is 1. The fourth-order valence-corrected chi connectivity index (χ4v) is 2.25. The van der Waals surface area contributed by atoms with Gasteiger partial charge in [0.25, 0.3) is 0 Å². The first-order valence-electron chi connectivity index (χ1n) is 7.07. The van der Waals surface area contributed by atoms with Crippen molar-refractivity contribution in [1.82, 2.24) is 14.7 Å². The Labute approximate surface area is 129 Å². The van der Waals surface area contributed by atoms with Crippen LogP contribution in [0.1, 0.15) is 32.5 Å². The Morgan fingerprint density at radius 2 is 2.00 bits per heavy atom. The third kappa shape index (κ3) is 3.10. The third-order valence-corrected chi connectivity index (χ3v) is 3.29. The van der Waals surface area contributed by atoms with Crippen LogP contribution in [0.3, 0.4) is 0 Å². The topological polar surface area (TPSA) is 64.4 Å². The summed E-state index contributed by atoms with van der Waals surface area (Å²) in [5, 5.41) is 5.24. The molecule has 6 nitrogen and oxygen atoms in total. The summed E-state index contributed by atoms with van der Waals surface area (Å²) >= 11 is 0. The largest absolute Gasteiger partial charge is 0.444 e. The molecule has 1 atom stereocenters. The number of likely N-dealkylation sites (N-methyl/N-ethyl adjacent to an activating group) is 1. The maximum absolute atomic E-state index is 12.2. The van der Waals surface area contributed by atoms with Crippen molar-refractivity contribution in [3.05, 3.63) is 30.0 Å². The molecule has 2 rings (SSSR count). The average molecular weight is 303 g/mol. The molecule has 0 aliphatic rings. The van der Waals surface area contributed by atoms with Crippen molar-refractivity contribution in [1.29, 1.82) is 0 Å². The summed E-state index contributed by atoms with van der Waals surface area (Å²) in [6, 6.07) is 6.79. The number of amides is 1. The molecule has 2 aromatic rings. The molecule has 0 bridgehead atoms. The van der Waals surface area contributed by atoms with E-state index in [4.69, 9.17) is 4.74 Å². The van der Waals surface area contributed by atoms with Gasteiger partial charge in [0.1, 0.15) is 23.6 Å². The van der Waals surface area contributed by atoms with Crippen molar-refractivity contribution in [2.45, 2.75) is 32.4 Å². The van der Waals surface area contributed by atoms with Gasteiger partial charge in [0.15, 0.2) is 0 Å². The summed E-state index contributed by atoms with van der Waals surface area (Å²) in [4.78, 5) is 25.0. The van der Waals surface area contributed by atoms with Gasteiger partial charge in [-0.2, -0.15) is 5.10 Å². The molecule has 118 valence electrons. The molecule has 1 heterocycles. The van der Waals surface area contributed by atoms with Gasteiger partial charge in [-0.15, -0.1) is 0 Å². The van der Waals surface area contributed by atoms with Crippen molar-refractivity contribution < 1.29 is 14.3 Å². The molecule has 0 radical (unpaired) electrons. The van der Waals surface area contributed by atoms with E-state index < -0.39 is 17.7 Å². The lowest BCUT2D eigenvalue weighted by molar-refractivity contribution is -0.112. The molecule has 0 spiro atoms. The lowest BCUT2D eigenvalue weighted by Crippen LogP contribution is -2.37. The molecule has 1 unspecified atom stereocenters. The normalized spacial score (nSPS) is 13.0. The molecule has 6 heteroatoms. The maximum Gasteiger partial charge on any atom is 0.410 e. The number of ether oxygens (including phenoxy) is 1. The minimum atomic E-state index is -0.791. The van der Waals surface area contributed by atoms with Crippen LogP contribution in [-0.4, -0.2) is 39.7 Å². The van der Waals surface area contributed by atoms with Crippen LogP contribution < -0.4 is 0 Å². The number of rotatable bonds is 3. The fourth-order valence-electron chi connectivity index (χ4n) is 2.25. The highest BCUT2D eigenvalue weighted by Crippen LogP contribution is 2.26. The minimum absolute atomic E-state index is 0.543. The smallest absolute Gasteiger partial charge is 0.410 e. The van der Waals surface area contributed by atoms with Crippen LogP contribution >= 0.6 is 0 Å². The number of benzene rings is 1. The Morgan fingerprint density at radius 3 is 2.59 bits per heavy atom. The van der Waals surface area contributed by atoms with Crippen molar-refractivity contribution in [2.75, 3.05) is 7.05 Å². The number of fused-ring (bicyclic) bond motifs is 1. The molecule has 1 aromatic carbocycles. The summed E-state index contributed by atoms with van der Waals surface area (Å²) in [6.07, 6.45) is 0.151. The number of aryl methyl sites for hydroxylation is 1. The first-order valence-corrected chi connectivity index (χ1v) is 7.07.